The Morgan fingerprint density at radius 3 is 2.39 bits per heavy atom. The maximum Gasteiger partial charge on any atom is 0.246 e. The maximum absolute atomic E-state index is 10.9. The minimum Gasteiger partial charge on any atom is -0.381 e. The van der Waals surface area contributed by atoms with Crippen LogP contribution in [0.2, 0.25) is 0 Å². The van der Waals surface area contributed by atoms with Crippen molar-refractivity contribution in [1.82, 2.24) is 0 Å². The molecule has 0 radical (unpaired) electrons. The minimum absolute atomic E-state index is 0.452. The molecule has 94 valence electrons. The van der Waals surface area contributed by atoms with E-state index in [0.717, 1.165) is 10.8 Å². The number of hydrogen-bond acceptors (Lipinski definition) is 3. The minimum atomic E-state index is -1.40. The summed E-state index contributed by atoms with van der Waals surface area (Å²) in [5, 5.41) is 23.1. The van der Waals surface area contributed by atoms with Gasteiger partial charge in [0.15, 0.2) is 0 Å². The number of nitro groups is 1. The van der Waals surface area contributed by atoms with Crippen LogP contribution in [-0.2, 0) is 0 Å². The molecular formula is C14H15NO3. The summed E-state index contributed by atoms with van der Waals surface area (Å²) in [5.74, 6) is 0. The summed E-state index contributed by atoms with van der Waals surface area (Å²) < 4.78 is 0. The molecule has 0 aromatic heterocycles. The Kier molecular flexibility index (Phi) is 3.05. The Labute approximate surface area is 105 Å². The molecular weight excluding hydrogens is 230 g/mol. The Morgan fingerprint density at radius 1 is 1.17 bits per heavy atom. The second kappa shape index (κ2) is 4.38. The summed E-state index contributed by atoms with van der Waals surface area (Å²) in [6.07, 6.45) is -1.13. The Morgan fingerprint density at radius 2 is 1.78 bits per heavy atom. The van der Waals surface area contributed by atoms with Gasteiger partial charge in [0, 0.05) is 18.8 Å². The molecule has 0 saturated carbocycles. The number of aliphatic hydroxyl groups excluding tert-OH is 1. The molecule has 0 aliphatic heterocycles. The second-order valence-corrected chi connectivity index (χ2v) is 4.92. The lowest BCUT2D eigenvalue weighted by molar-refractivity contribution is -0.575. The fourth-order valence-corrected chi connectivity index (χ4v) is 1.89. The third kappa shape index (κ3) is 2.07. The standard InChI is InChI=1S/C14H15NO3/c1-14(2,15(17)18)13(16)12-8-7-10-5-3-4-6-11(10)9-12/h3-9,13,16H,1-2H3/t13-/m1/s1. The van der Waals surface area contributed by atoms with Crippen molar-refractivity contribution < 1.29 is 10.0 Å². The summed E-state index contributed by atoms with van der Waals surface area (Å²) >= 11 is 0. The summed E-state index contributed by atoms with van der Waals surface area (Å²) in [4.78, 5) is 10.5. The first-order chi connectivity index (χ1) is 8.43. The van der Waals surface area contributed by atoms with Gasteiger partial charge in [-0.15, -0.1) is 0 Å². The maximum atomic E-state index is 10.9. The number of hydrogen-bond donors (Lipinski definition) is 1. The van der Waals surface area contributed by atoms with Gasteiger partial charge in [-0.25, -0.2) is 0 Å². The van der Waals surface area contributed by atoms with Crippen LogP contribution in [0.4, 0.5) is 0 Å². The quantitative estimate of drug-likeness (QED) is 0.668. The van der Waals surface area contributed by atoms with Gasteiger partial charge < -0.3 is 5.11 Å². The van der Waals surface area contributed by atoms with Crippen LogP contribution in [-0.4, -0.2) is 15.6 Å². The summed E-state index contributed by atoms with van der Waals surface area (Å²) in [6.45, 7) is 2.85. The average Bonchev–Trinajstić information content (AvgIpc) is 2.37. The van der Waals surface area contributed by atoms with E-state index in [9.17, 15) is 15.2 Å². The molecule has 2 aromatic rings. The van der Waals surface area contributed by atoms with Crippen molar-refractivity contribution >= 4 is 10.8 Å². The van der Waals surface area contributed by atoms with Crippen molar-refractivity contribution in [3.8, 4) is 0 Å². The first-order valence-corrected chi connectivity index (χ1v) is 5.74. The second-order valence-electron chi connectivity index (χ2n) is 4.92. The average molecular weight is 245 g/mol. The van der Waals surface area contributed by atoms with Crippen LogP contribution < -0.4 is 0 Å². The van der Waals surface area contributed by atoms with Crippen molar-refractivity contribution in [1.29, 1.82) is 0 Å². The van der Waals surface area contributed by atoms with Crippen LogP contribution >= 0.6 is 0 Å². The van der Waals surface area contributed by atoms with Gasteiger partial charge in [-0.05, 0) is 22.4 Å². The highest BCUT2D eigenvalue weighted by atomic mass is 16.6. The van der Waals surface area contributed by atoms with Crippen molar-refractivity contribution in [3.63, 3.8) is 0 Å². The molecule has 18 heavy (non-hydrogen) atoms. The molecule has 0 amide bonds. The van der Waals surface area contributed by atoms with Crippen LogP contribution in [0, 0.1) is 10.1 Å². The van der Waals surface area contributed by atoms with Crippen LogP contribution in [0.3, 0.4) is 0 Å². The molecule has 4 heteroatoms. The van der Waals surface area contributed by atoms with Gasteiger partial charge in [-0.2, -0.15) is 0 Å². The van der Waals surface area contributed by atoms with Crippen molar-refractivity contribution in [2.75, 3.05) is 0 Å². The van der Waals surface area contributed by atoms with Gasteiger partial charge in [0.05, 0.1) is 0 Å². The van der Waals surface area contributed by atoms with E-state index >= 15 is 0 Å². The topological polar surface area (TPSA) is 63.4 Å². The van der Waals surface area contributed by atoms with Crippen molar-refractivity contribution in [3.05, 3.63) is 58.1 Å². The molecule has 0 fully saturated rings. The summed E-state index contributed by atoms with van der Waals surface area (Å²) in [5.41, 5.74) is -0.835. The van der Waals surface area contributed by atoms with Gasteiger partial charge in [-0.3, -0.25) is 10.1 Å². The first-order valence-electron chi connectivity index (χ1n) is 5.74. The molecule has 0 bridgehead atoms. The zero-order valence-electron chi connectivity index (χ0n) is 10.3. The molecule has 0 heterocycles. The van der Waals surface area contributed by atoms with Gasteiger partial charge in [0.1, 0.15) is 6.10 Å². The van der Waals surface area contributed by atoms with E-state index in [1.807, 2.05) is 30.3 Å². The van der Waals surface area contributed by atoms with E-state index in [-0.39, 0.29) is 0 Å². The number of nitrogens with zero attached hydrogens (tertiary/aromatic N) is 1. The molecule has 1 atom stereocenters. The number of benzene rings is 2. The van der Waals surface area contributed by atoms with E-state index in [1.54, 1.807) is 12.1 Å². The lowest BCUT2D eigenvalue weighted by Crippen LogP contribution is -2.38. The summed E-state index contributed by atoms with van der Waals surface area (Å²) in [7, 11) is 0. The molecule has 0 saturated heterocycles. The monoisotopic (exact) mass is 245 g/mol. The Balaban J connectivity index is 2.45. The lowest BCUT2D eigenvalue weighted by Gasteiger charge is -2.22. The molecule has 0 unspecified atom stereocenters. The molecule has 0 spiro atoms. The molecule has 0 aliphatic rings. The van der Waals surface area contributed by atoms with E-state index in [2.05, 4.69) is 0 Å². The zero-order valence-corrected chi connectivity index (χ0v) is 10.3. The van der Waals surface area contributed by atoms with Crippen molar-refractivity contribution in [2.45, 2.75) is 25.5 Å². The highest BCUT2D eigenvalue weighted by molar-refractivity contribution is 5.83. The zero-order chi connectivity index (χ0) is 13.3. The Hall–Kier alpha value is -1.94. The number of fused-ring (bicyclic) bond motifs is 1. The highest BCUT2D eigenvalue weighted by Crippen LogP contribution is 2.30. The predicted octanol–water partition coefficient (Wildman–Crippen LogP) is 2.93. The van der Waals surface area contributed by atoms with E-state index in [0.29, 0.717) is 5.56 Å². The van der Waals surface area contributed by atoms with E-state index < -0.39 is 16.6 Å². The number of rotatable bonds is 3. The van der Waals surface area contributed by atoms with Gasteiger partial charge in [0.25, 0.3) is 0 Å². The highest BCUT2D eigenvalue weighted by Gasteiger charge is 2.40. The largest absolute Gasteiger partial charge is 0.381 e. The molecule has 1 N–H and O–H groups in total. The normalized spacial score (nSPS) is 13.5. The van der Waals surface area contributed by atoms with Gasteiger partial charge >= 0.3 is 0 Å². The van der Waals surface area contributed by atoms with Crippen LogP contribution in [0.25, 0.3) is 10.8 Å². The smallest absolute Gasteiger partial charge is 0.246 e. The molecule has 2 rings (SSSR count). The number of aliphatic hydroxyl groups is 1. The van der Waals surface area contributed by atoms with Gasteiger partial charge in [0.2, 0.25) is 5.54 Å². The Bertz CT molecular complexity index is 592. The third-order valence-electron chi connectivity index (χ3n) is 3.23. The van der Waals surface area contributed by atoms with Crippen LogP contribution in [0.5, 0.6) is 0 Å². The summed E-state index contributed by atoms with van der Waals surface area (Å²) in [6, 6.07) is 13.1. The molecule has 0 aliphatic carbocycles. The van der Waals surface area contributed by atoms with E-state index in [4.69, 9.17) is 0 Å². The van der Waals surface area contributed by atoms with Crippen LogP contribution in [0.15, 0.2) is 42.5 Å². The van der Waals surface area contributed by atoms with Crippen LogP contribution in [0.1, 0.15) is 25.5 Å². The SMILES string of the molecule is CC(C)([C@H](O)c1ccc2ccccc2c1)[N+](=O)[O-]. The molecule has 4 nitrogen and oxygen atoms in total. The predicted molar refractivity (Wildman–Crippen MR) is 70.0 cm³/mol. The first kappa shape index (κ1) is 12.5. The fraction of sp³-hybridized carbons (Fsp3) is 0.286. The lowest BCUT2D eigenvalue weighted by atomic mass is 9.91. The van der Waals surface area contributed by atoms with Crippen molar-refractivity contribution in [2.24, 2.45) is 0 Å². The van der Waals surface area contributed by atoms with Gasteiger partial charge in [-0.1, -0.05) is 36.4 Å². The fourth-order valence-electron chi connectivity index (χ4n) is 1.89. The third-order valence-corrected chi connectivity index (χ3v) is 3.23. The van der Waals surface area contributed by atoms with E-state index in [1.165, 1.54) is 13.8 Å². The molecule has 2 aromatic carbocycles.